The summed E-state index contributed by atoms with van der Waals surface area (Å²) in [5.41, 5.74) is 9.98. The Hall–Kier alpha value is -2.39. The van der Waals surface area contributed by atoms with Gasteiger partial charge < -0.3 is 0 Å². The molecule has 0 aliphatic heterocycles. The highest BCUT2D eigenvalue weighted by molar-refractivity contribution is 5.93. The highest BCUT2D eigenvalue weighted by Crippen LogP contribution is 2.17. The van der Waals surface area contributed by atoms with Crippen LogP contribution in [-0.4, -0.2) is 5.91 Å². The zero-order valence-corrected chi connectivity index (χ0v) is 13.1. The number of rotatable bonds is 6. The summed E-state index contributed by atoms with van der Waals surface area (Å²) >= 11 is 0. The van der Waals surface area contributed by atoms with Crippen LogP contribution in [-0.2, 0) is 0 Å². The van der Waals surface area contributed by atoms with Crippen molar-refractivity contribution in [2.24, 2.45) is 0 Å². The third-order valence-corrected chi connectivity index (χ3v) is 3.56. The molecule has 22 heavy (non-hydrogen) atoms. The fourth-order valence-electron chi connectivity index (χ4n) is 2.17. The van der Waals surface area contributed by atoms with E-state index in [-0.39, 0.29) is 11.9 Å². The van der Waals surface area contributed by atoms with E-state index < -0.39 is 0 Å². The van der Waals surface area contributed by atoms with Gasteiger partial charge in [-0.05, 0) is 38.0 Å². The van der Waals surface area contributed by atoms with Crippen LogP contribution in [0, 0.1) is 13.8 Å². The van der Waals surface area contributed by atoms with Crippen molar-refractivity contribution < 1.29 is 4.79 Å². The average Bonchev–Trinajstić information content (AvgIpc) is 2.53. The Balaban J connectivity index is 2.02. The predicted octanol–water partition coefficient (Wildman–Crippen LogP) is 3.86. The quantitative estimate of drug-likeness (QED) is 0.627. The van der Waals surface area contributed by atoms with E-state index in [1.165, 1.54) is 5.56 Å². The first-order valence-electron chi connectivity index (χ1n) is 7.40. The molecule has 2 N–H and O–H groups in total. The van der Waals surface area contributed by atoms with E-state index in [1.54, 1.807) is 0 Å². The molecule has 1 atom stereocenters. The van der Waals surface area contributed by atoms with Gasteiger partial charge in [0, 0.05) is 5.56 Å². The van der Waals surface area contributed by atoms with Crippen LogP contribution in [0.25, 0.3) is 0 Å². The van der Waals surface area contributed by atoms with Gasteiger partial charge in [0.25, 0.3) is 5.91 Å². The topological polar surface area (TPSA) is 41.1 Å². The van der Waals surface area contributed by atoms with Gasteiger partial charge in [-0.2, -0.15) is 0 Å². The molecule has 0 spiro atoms. The Morgan fingerprint density at radius 2 is 1.59 bits per heavy atom. The van der Waals surface area contributed by atoms with Gasteiger partial charge >= 0.3 is 0 Å². The molecule has 3 heteroatoms. The monoisotopic (exact) mass is 294 g/mol. The van der Waals surface area contributed by atoms with Gasteiger partial charge in [0.2, 0.25) is 0 Å². The highest BCUT2D eigenvalue weighted by Gasteiger charge is 2.11. The summed E-state index contributed by atoms with van der Waals surface area (Å²) in [5, 5.41) is 0. The van der Waals surface area contributed by atoms with Crippen LogP contribution in [0.5, 0.6) is 0 Å². The molecule has 0 radical (unpaired) electrons. The van der Waals surface area contributed by atoms with Crippen LogP contribution in [0.4, 0.5) is 0 Å². The zero-order chi connectivity index (χ0) is 15.9. The van der Waals surface area contributed by atoms with Gasteiger partial charge in [0.1, 0.15) is 0 Å². The van der Waals surface area contributed by atoms with Crippen LogP contribution in [0.1, 0.15) is 39.5 Å². The van der Waals surface area contributed by atoms with Crippen LogP contribution >= 0.6 is 0 Å². The van der Waals surface area contributed by atoms with Crippen molar-refractivity contribution in [2.75, 3.05) is 0 Å². The normalized spacial score (nSPS) is 11.7. The van der Waals surface area contributed by atoms with Crippen LogP contribution < -0.4 is 10.9 Å². The van der Waals surface area contributed by atoms with Gasteiger partial charge in [0.15, 0.2) is 0 Å². The first kappa shape index (κ1) is 16.0. The van der Waals surface area contributed by atoms with E-state index in [0.29, 0.717) is 5.56 Å². The number of nitrogens with one attached hydrogen (secondary N) is 2. The maximum atomic E-state index is 12.2. The van der Waals surface area contributed by atoms with Gasteiger partial charge in [-0.25, -0.2) is 5.43 Å². The van der Waals surface area contributed by atoms with Crippen molar-refractivity contribution in [1.82, 2.24) is 10.9 Å². The Morgan fingerprint density at radius 1 is 1.05 bits per heavy atom. The molecule has 0 bridgehead atoms. The SMILES string of the molecule is C=CCC(NNC(=O)c1ccc(C)cc1)c1ccc(C)cc1. The molecular weight excluding hydrogens is 272 g/mol. The molecule has 0 aromatic heterocycles. The number of aryl methyl sites for hydroxylation is 2. The number of benzene rings is 2. The first-order chi connectivity index (χ1) is 10.6. The van der Waals surface area contributed by atoms with Crippen LogP contribution in [0.15, 0.2) is 61.2 Å². The van der Waals surface area contributed by atoms with E-state index in [9.17, 15) is 4.79 Å². The minimum Gasteiger partial charge on any atom is -0.287 e. The van der Waals surface area contributed by atoms with Crippen LogP contribution in [0.2, 0.25) is 0 Å². The maximum Gasteiger partial charge on any atom is 0.265 e. The van der Waals surface area contributed by atoms with E-state index in [2.05, 4.69) is 48.6 Å². The van der Waals surface area contributed by atoms with Crippen molar-refractivity contribution in [3.8, 4) is 0 Å². The van der Waals surface area contributed by atoms with Crippen molar-refractivity contribution in [3.05, 3.63) is 83.4 Å². The lowest BCUT2D eigenvalue weighted by Gasteiger charge is -2.18. The second-order valence-electron chi connectivity index (χ2n) is 5.45. The molecule has 0 fully saturated rings. The van der Waals surface area contributed by atoms with Crippen molar-refractivity contribution >= 4 is 5.91 Å². The van der Waals surface area contributed by atoms with E-state index in [0.717, 1.165) is 17.5 Å². The third-order valence-electron chi connectivity index (χ3n) is 3.56. The zero-order valence-electron chi connectivity index (χ0n) is 13.1. The average molecular weight is 294 g/mol. The number of carbonyl (C=O) groups is 1. The molecule has 1 unspecified atom stereocenters. The maximum absolute atomic E-state index is 12.2. The molecule has 0 saturated heterocycles. The molecule has 0 heterocycles. The molecule has 0 aliphatic rings. The Morgan fingerprint density at radius 3 is 2.14 bits per heavy atom. The minimum absolute atomic E-state index is 0.00694. The molecule has 0 aliphatic carbocycles. The summed E-state index contributed by atoms with van der Waals surface area (Å²) in [6.45, 7) is 7.84. The second kappa shape index (κ2) is 7.57. The predicted molar refractivity (Wildman–Crippen MR) is 90.5 cm³/mol. The number of amides is 1. The third kappa shape index (κ3) is 4.30. The van der Waals surface area contributed by atoms with E-state index in [4.69, 9.17) is 0 Å². The lowest BCUT2D eigenvalue weighted by atomic mass is 10.0. The summed E-state index contributed by atoms with van der Waals surface area (Å²) in [4.78, 5) is 12.2. The number of hydrogen-bond donors (Lipinski definition) is 2. The largest absolute Gasteiger partial charge is 0.287 e. The van der Waals surface area contributed by atoms with E-state index in [1.807, 2.05) is 37.3 Å². The van der Waals surface area contributed by atoms with Gasteiger partial charge in [0.05, 0.1) is 6.04 Å². The Bertz CT molecular complexity index is 629. The molecule has 0 saturated carbocycles. The first-order valence-corrected chi connectivity index (χ1v) is 7.40. The van der Waals surface area contributed by atoms with Crippen molar-refractivity contribution in [3.63, 3.8) is 0 Å². The lowest BCUT2D eigenvalue weighted by molar-refractivity contribution is 0.0925. The smallest absolute Gasteiger partial charge is 0.265 e. The molecule has 2 rings (SSSR count). The summed E-state index contributed by atoms with van der Waals surface area (Å²) in [6.07, 6.45) is 2.58. The molecule has 2 aromatic rings. The molecule has 1 amide bonds. The summed E-state index contributed by atoms with van der Waals surface area (Å²) in [7, 11) is 0. The Kier molecular flexibility index (Phi) is 5.50. The number of carbonyl (C=O) groups excluding carboxylic acids is 1. The van der Waals surface area contributed by atoms with Gasteiger partial charge in [-0.3, -0.25) is 10.2 Å². The summed E-state index contributed by atoms with van der Waals surface area (Å²) < 4.78 is 0. The highest BCUT2D eigenvalue weighted by atomic mass is 16.2. The molecular formula is C19H22N2O. The molecule has 3 nitrogen and oxygen atoms in total. The van der Waals surface area contributed by atoms with Crippen LogP contribution in [0.3, 0.4) is 0 Å². The number of hydrazine groups is 1. The van der Waals surface area contributed by atoms with Crippen molar-refractivity contribution in [1.29, 1.82) is 0 Å². The Labute approximate surface area is 132 Å². The number of hydrogen-bond acceptors (Lipinski definition) is 2. The fourth-order valence-corrected chi connectivity index (χ4v) is 2.17. The van der Waals surface area contributed by atoms with Gasteiger partial charge in [-0.15, -0.1) is 6.58 Å². The standard InChI is InChI=1S/C19H22N2O/c1-4-5-18(16-10-6-14(2)7-11-16)20-21-19(22)17-12-8-15(3)9-13-17/h4,6-13,18,20H,1,5H2,2-3H3,(H,21,22). The molecule has 2 aromatic carbocycles. The summed E-state index contributed by atoms with van der Waals surface area (Å²) in [6, 6.07) is 15.8. The van der Waals surface area contributed by atoms with Crippen molar-refractivity contribution in [2.45, 2.75) is 26.3 Å². The minimum atomic E-state index is -0.138. The van der Waals surface area contributed by atoms with E-state index >= 15 is 0 Å². The second-order valence-corrected chi connectivity index (χ2v) is 5.45. The molecule has 114 valence electrons. The summed E-state index contributed by atoms with van der Waals surface area (Å²) in [5.74, 6) is -0.138. The fraction of sp³-hybridized carbons (Fsp3) is 0.211. The lowest BCUT2D eigenvalue weighted by Crippen LogP contribution is -2.39. The van der Waals surface area contributed by atoms with Gasteiger partial charge in [-0.1, -0.05) is 53.6 Å².